The molecule has 0 aromatic carbocycles. The van der Waals surface area contributed by atoms with Gasteiger partial charge in [0.2, 0.25) is 15.9 Å². The van der Waals surface area contributed by atoms with Crippen LogP contribution < -0.4 is 10.0 Å². The molecule has 7 heteroatoms. The van der Waals surface area contributed by atoms with Gasteiger partial charge in [0.15, 0.2) is 0 Å². The van der Waals surface area contributed by atoms with Gasteiger partial charge in [0.1, 0.15) is 5.78 Å². The summed E-state index contributed by atoms with van der Waals surface area (Å²) in [6.45, 7) is 11.0. The Labute approximate surface area is 145 Å². The number of carbonyl (C=O) groups excluding carboxylic acids is 2. The summed E-state index contributed by atoms with van der Waals surface area (Å²) >= 11 is 0. The number of hydrogen-bond acceptors (Lipinski definition) is 4. The molecule has 3 atom stereocenters. The number of hydrogen-bond donors (Lipinski definition) is 2. The summed E-state index contributed by atoms with van der Waals surface area (Å²) in [7, 11) is -3.74. The first-order valence-corrected chi connectivity index (χ1v) is 10.2. The molecule has 0 saturated heterocycles. The van der Waals surface area contributed by atoms with E-state index in [0.717, 1.165) is 6.42 Å². The van der Waals surface area contributed by atoms with Crippen molar-refractivity contribution in [2.45, 2.75) is 72.4 Å². The van der Waals surface area contributed by atoms with E-state index < -0.39 is 27.0 Å². The zero-order valence-electron chi connectivity index (χ0n) is 15.5. The Hall–Kier alpha value is -0.950. The van der Waals surface area contributed by atoms with E-state index in [-0.39, 0.29) is 28.8 Å². The van der Waals surface area contributed by atoms with Gasteiger partial charge in [0.05, 0.1) is 11.8 Å². The molecule has 0 aromatic rings. The summed E-state index contributed by atoms with van der Waals surface area (Å²) < 4.78 is 27.7. The average Bonchev–Trinajstić information content (AvgIpc) is 2.69. The van der Waals surface area contributed by atoms with E-state index in [2.05, 4.69) is 10.0 Å². The first-order valence-electron chi connectivity index (χ1n) is 8.55. The van der Waals surface area contributed by atoms with Crippen LogP contribution in [0.3, 0.4) is 0 Å². The van der Waals surface area contributed by atoms with Gasteiger partial charge in [-0.25, -0.2) is 13.1 Å². The molecule has 1 amide bonds. The molecule has 2 bridgehead atoms. The predicted molar refractivity (Wildman–Crippen MR) is 92.8 cm³/mol. The van der Waals surface area contributed by atoms with E-state index >= 15 is 0 Å². The van der Waals surface area contributed by atoms with Crippen LogP contribution in [0.5, 0.6) is 0 Å². The highest BCUT2D eigenvalue weighted by molar-refractivity contribution is 7.89. The van der Waals surface area contributed by atoms with Crippen molar-refractivity contribution in [3.8, 4) is 0 Å². The fraction of sp³-hybridized carbons (Fsp3) is 0.882. The van der Waals surface area contributed by atoms with E-state index in [1.165, 1.54) is 6.92 Å². The van der Waals surface area contributed by atoms with Gasteiger partial charge in [-0.2, -0.15) is 0 Å². The quantitative estimate of drug-likeness (QED) is 0.781. The highest BCUT2D eigenvalue weighted by Gasteiger charge is 2.65. The molecule has 0 spiro atoms. The highest BCUT2D eigenvalue weighted by atomic mass is 32.2. The van der Waals surface area contributed by atoms with Gasteiger partial charge in [0, 0.05) is 17.4 Å². The van der Waals surface area contributed by atoms with E-state index in [9.17, 15) is 18.0 Å². The minimum atomic E-state index is -3.74. The summed E-state index contributed by atoms with van der Waals surface area (Å²) in [6, 6.07) is -0.873. The van der Waals surface area contributed by atoms with Crippen LogP contribution in [0, 0.1) is 16.7 Å². The highest BCUT2D eigenvalue weighted by Crippen LogP contribution is 2.64. The minimum absolute atomic E-state index is 0.0564. The van der Waals surface area contributed by atoms with Crippen LogP contribution in [-0.2, 0) is 19.6 Å². The molecule has 138 valence electrons. The topological polar surface area (TPSA) is 92.3 Å². The fourth-order valence-electron chi connectivity index (χ4n) is 4.27. The third-order valence-electron chi connectivity index (χ3n) is 5.82. The lowest BCUT2D eigenvalue weighted by molar-refractivity contribution is -0.128. The van der Waals surface area contributed by atoms with Crippen molar-refractivity contribution in [3.63, 3.8) is 0 Å². The van der Waals surface area contributed by atoms with E-state index in [1.54, 1.807) is 0 Å². The van der Waals surface area contributed by atoms with Gasteiger partial charge >= 0.3 is 0 Å². The lowest BCUT2D eigenvalue weighted by atomic mass is 9.70. The van der Waals surface area contributed by atoms with Gasteiger partial charge in [-0.3, -0.25) is 9.59 Å². The Balaban J connectivity index is 2.12. The monoisotopic (exact) mass is 358 g/mol. The molecule has 0 radical (unpaired) electrons. The SMILES string of the molecule is CC(NS(=O)(=O)CC12CCC(CC1=O)C2(C)C)C(=O)NC(C)(C)C. The molecule has 24 heavy (non-hydrogen) atoms. The van der Waals surface area contributed by atoms with Crippen LogP contribution in [0.2, 0.25) is 0 Å². The predicted octanol–water partition coefficient (Wildman–Crippen LogP) is 1.60. The third kappa shape index (κ3) is 3.38. The number of fused-ring (bicyclic) bond motifs is 2. The van der Waals surface area contributed by atoms with Gasteiger partial charge in [0.25, 0.3) is 0 Å². The fourth-order valence-corrected chi connectivity index (χ4v) is 6.33. The Morgan fingerprint density at radius 3 is 2.33 bits per heavy atom. The number of sulfonamides is 1. The van der Waals surface area contributed by atoms with Crippen LogP contribution in [0.25, 0.3) is 0 Å². The first kappa shape index (κ1) is 19.4. The Morgan fingerprint density at radius 2 is 1.92 bits per heavy atom. The molecule has 6 nitrogen and oxygen atoms in total. The lowest BCUT2D eigenvalue weighted by Crippen LogP contribution is -2.53. The summed E-state index contributed by atoms with van der Waals surface area (Å²) in [5.74, 6) is -0.275. The van der Waals surface area contributed by atoms with Gasteiger partial charge in [-0.15, -0.1) is 0 Å². The van der Waals surface area contributed by atoms with Gasteiger partial charge < -0.3 is 5.32 Å². The largest absolute Gasteiger partial charge is 0.350 e. The molecular formula is C17H30N2O4S. The van der Waals surface area contributed by atoms with Crippen molar-refractivity contribution in [1.82, 2.24) is 10.0 Å². The summed E-state index contributed by atoms with van der Waals surface area (Å²) in [5, 5.41) is 2.76. The Bertz CT molecular complexity index is 648. The molecule has 2 saturated carbocycles. The number of ketones is 1. The maximum absolute atomic E-state index is 12.6. The molecule has 3 unspecified atom stereocenters. The number of rotatable bonds is 5. The number of carbonyl (C=O) groups is 2. The molecule has 2 fully saturated rings. The van der Waals surface area contributed by atoms with E-state index in [1.807, 2.05) is 34.6 Å². The van der Waals surface area contributed by atoms with E-state index in [4.69, 9.17) is 0 Å². The molecule has 2 rings (SSSR count). The van der Waals surface area contributed by atoms with Crippen molar-refractivity contribution in [1.29, 1.82) is 0 Å². The molecular weight excluding hydrogens is 328 g/mol. The Kier molecular flexibility index (Phi) is 4.68. The van der Waals surface area contributed by atoms with Crippen LogP contribution in [0.4, 0.5) is 0 Å². The van der Waals surface area contributed by atoms with Crippen molar-refractivity contribution in [2.24, 2.45) is 16.7 Å². The molecule has 2 aliphatic carbocycles. The van der Waals surface area contributed by atoms with Crippen LogP contribution >= 0.6 is 0 Å². The summed E-state index contributed by atoms with van der Waals surface area (Å²) in [5.41, 5.74) is -1.56. The summed E-state index contributed by atoms with van der Waals surface area (Å²) in [6.07, 6.45) is 1.99. The molecule has 2 aliphatic rings. The number of Topliss-reactive ketones (excluding diaryl/α,β-unsaturated/α-hetero) is 1. The smallest absolute Gasteiger partial charge is 0.238 e. The van der Waals surface area contributed by atoms with Crippen LogP contribution in [0.15, 0.2) is 0 Å². The first-order chi connectivity index (χ1) is 10.7. The molecule has 2 N–H and O–H groups in total. The Morgan fingerprint density at radius 1 is 1.33 bits per heavy atom. The number of amides is 1. The maximum atomic E-state index is 12.6. The summed E-state index contributed by atoms with van der Waals surface area (Å²) in [4.78, 5) is 24.6. The second-order valence-corrected chi connectivity index (χ2v) is 10.8. The molecule has 0 aliphatic heterocycles. The van der Waals surface area contributed by atoms with Gasteiger partial charge in [-0.05, 0) is 51.9 Å². The van der Waals surface area contributed by atoms with Crippen molar-refractivity contribution in [3.05, 3.63) is 0 Å². The van der Waals surface area contributed by atoms with E-state index in [0.29, 0.717) is 12.8 Å². The molecule has 0 heterocycles. The standard InChI is InChI=1S/C17H30N2O4S/c1-11(14(21)18-15(2,3)4)19-24(22,23)10-17-8-7-12(9-13(17)20)16(17,5)6/h11-12,19H,7-10H2,1-6H3,(H,18,21). The normalized spacial score (nSPS) is 30.4. The van der Waals surface area contributed by atoms with Crippen molar-refractivity contribution < 1.29 is 18.0 Å². The second kappa shape index (κ2) is 5.80. The zero-order chi connectivity index (χ0) is 18.6. The second-order valence-electron chi connectivity index (χ2n) is 9.00. The van der Waals surface area contributed by atoms with Crippen LogP contribution in [0.1, 0.15) is 60.8 Å². The average molecular weight is 359 g/mol. The van der Waals surface area contributed by atoms with Gasteiger partial charge in [-0.1, -0.05) is 13.8 Å². The van der Waals surface area contributed by atoms with Crippen molar-refractivity contribution in [2.75, 3.05) is 5.75 Å². The van der Waals surface area contributed by atoms with Crippen molar-refractivity contribution >= 4 is 21.7 Å². The third-order valence-corrected chi connectivity index (χ3v) is 7.41. The number of nitrogens with one attached hydrogen (secondary N) is 2. The maximum Gasteiger partial charge on any atom is 0.238 e. The minimum Gasteiger partial charge on any atom is -0.350 e. The lowest BCUT2D eigenvalue weighted by Gasteiger charge is -2.36. The molecule has 0 aromatic heterocycles. The zero-order valence-corrected chi connectivity index (χ0v) is 16.3. The van der Waals surface area contributed by atoms with Crippen LogP contribution in [-0.4, -0.2) is 37.4 Å².